The van der Waals surface area contributed by atoms with E-state index in [1.165, 1.54) is 16.3 Å². The standard InChI is InChI=1S/C44H28N4/c45-29-30-18-20-31(21-19-30)32-22-24-33(25-23-32)38-26-27-39(41-17-8-7-16-40(38)41)36-14-9-15-37(28-36)44-47-42(34-10-3-1-4-11-34)46-43(48-44)35-12-5-2-6-13-35/h1-28H. The lowest BCUT2D eigenvalue weighted by Crippen LogP contribution is -2.00. The zero-order valence-electron chi connectivity index (χ0n) is 26.0. The molecule has 0 bridgehead atoms. The highest BCUT2D eigenvalue weighted by atomic mass is 15.0. The van der Waals surface area contributed by atoms with Crippen LogP contribution in [-0.2, 0) is 0 Å². The van der Waals surface area contributed by atoms with Crippen LogP contribution in [0.15, 0.2) is 170 Å². The first kappa shape index (κ1) is 28.8. The van der Waals surface area contributed by atoms with E-state index in [0.717, 1.165) is 44.5 Å². The average molecular weight is 613 g/mol. The summed E-state index contributed by atoms with van der Waals surface area (Å²) in [5.74, 6) is 1.92. The Bertz CT molecular complexity index is 2370. The zero-order chi connectivity index (χ0) is 32.3. The molecule has 0 atom stereocenters. The molecule has 0 spiro atoms. The van der Waals surface area contributed by atoms with Gasteiger partial charge in [-0.3, -0.25) is 0 Å². The molecule has 8 rings (SSSR count). The summed E-state index contributed by atoms with van der Waals surface area (Å²) < 4.78 is 0. The van der Waals surface area contributed by atoms with E-state index in [1.54, 1.807) is 0 Å². The van der Waals surface area contributed by atoms with Gasteiger partial charge in [-0.25, -0.2) is 15.0 Å². The van der Waals surface area contributed by atoms with E-state index < -0.39 is 0 Å². The molecule has 1 aromatic heterocycles. The maximum absolute atomic E-state index is 9.15. The quantitative estimate of drug-likeness (QED) is 0.187. The van der Waals surface area contributed by atoms with Gasteiger partial charge in [0.15, 0.2) is 17.5 Å². The third kappa shape index (κ3) is 5.62. The maximum Gasteiger partial charge on any atom is 0.164 e. The van der Waals surface area contributed by atoms with Crippen molar-refractivity contribution in [3.8, 4) is 73.6 Å². The van der Waals surface area contributed by atoms with Crippen LogP contribution < -0.4 is 0 Å². The minimum atomic E-state index is 0.632. The second-order valence-electron chi connectivity index (χ2n) is 11.6. The number of fused-ring (bicyclic) bond motifs is 1. The summed E-state index contributed by atoms with van der Waals surface area (Å²) >= 11 is 0. The van der Waals surface area contributed by atoms with Crippen molar-refractivity contribution in [3.63, 3.8) is 0 Å². The zero-order valence-corrected chi connectivity index (χ0v) is 26.0. The van der Waals surface area contributed by atoms with Gasteiger partial charge in [-0.15, -0.1) is 0 Å². The lowest BCUT2D eigenvalue weighted by atomic mass is 9.91. The molecule has 8 aromatic rings. The van der Waals surface area contributed by atoms with Crippen LogP contribution >= 0.6 is 0 Å². The fourth-order valence-electron chi connectivity index (χ4n) is 6.15. The Kier molecular flexibility index (Phi) is 7.54. The topological polar surface area (TPSA) is 62.5 Å². The smallest absolute Gasteiger partial charge is 0.164 e. The summed E-state index contributed by atoms with van der Waals surface area (Å²) in [6.45, 7) is 0. The highest BCUT2D eigenvalue weighted by Crippen LogP contribution is 2.37. The van der Waals surface area contributed by atoms with Gasteiger partial charge in [-0.05, 0) is 62.4 Å². The molecule has 0 saturated carbocycles. The summed E-state index contributed by atoms with van der Waals surface area (Å²) in [5.41, 5.74) is 10.2. The lowest BCUT2D eigenvalue weighted by molar-refractivity contribution is 1.07. The van der Waals surface area contributed by atoms with E-state index in [1.807, 2.05) is 84.9 Å². The molecular formula is C44H28N4. The summed E-state index contributed by atoms with van der Waals surface area (Å²) in [4.78, 5) is 14.8. The Morgan fingerprint density at radius 1 is 0.333 bits per heavy atom. The maximum atomic E-state index is 9.15. The van der Waals surface area contributed by atoms with Crippen LogP contribution in [0.25, 0.3) is 78.3 Å². The summed E-state index contributed by atoms with van der Waals surface area (Å²) in [6.07, 6.45) is 0. The van der Waals surface area contributed by atoms with Crippen LogP contribution in [0.5, 0.6) is 0 Å². The monoisotopic (exact) mass is 612 g/mol. The molecule has 4 heteroatoms. The number of benzene rings is 7. The van der Waals surface area contributed by atoms with E-state index in [4.69, 9.17) is 20.2 Å². The van der Waals surface area contributed by atoms with E-state index in [9.17, 15) is 0 Å². The Hall–Kier alpha value is -6.70. The Morgan fingerprint density at radius 3 is 1.29 bits per heavy atom. The molecule has 0 radical (unpaired) electrons. The van der Waals surface area contributed by atoms with Crippen molar-refractivity contribution in [1.82, 2.24) is 15.0 Å². The molecule has 0 fully saturated rings. The van der Waals surface area contributed by atoms with Crippen LogP contribution in [0.1, 0.15) is 5.56 Å². The molecule has 0 aliphatic carbocycles. The molecule has 4 nitrogen and oxygen atoms in total. The first-order valence-electron chi connectivity index (χ1n) is 15.8. The van der Waals surface area contributed by atoms with Crippen molar-refractivity contribution in [2.75, 3.05) is 0 Å². The predicted molar refractivity (Wildman–Crippen MR) is 195 cm³/mol. The number of hydrogen-bond donors (Lipinski definition) is 0. The van der Waals surface area contributed by atoms with E-state index in [2.05, 4.69) is 91.0 Å². The lowest BCUT2D eigenvalue weighted by Gasteiger charge is -2.14. The number of aromatic nitrogens is 3. The minimum absolute atomic E-state index is 0.632. The summed E-state index contributed by atoms with van der Waals surface area (Å²) in [6, 6.07) is 60.1. The van der Waals surface area contributed by atoms with Crippen LogP contribution in [0.4, 0.5) is 0 Å². The molecule has 0 amide bonds. The van der Waals surface area contributed by atoms with Crippen LogP contribution in [0.2, 0.25) is 0 Å². The van der Waals surface area contributed by atoms with E-state index >= 15 is 0 Å². The van der Waals surface area contributed by atoms with Gasteiger partial charge in [0.25, 0.3) is 0 Å². The third-order valence-corrected chi connectivity index (χ3v) is 8.60. The van der Waals surface area contributed by atoms with Gasteiger partial charge >= 0.3 is 0 Å². The second-order valence-corrected chi connectivity index (χ2v) is 11.6. The van der Waals surface area contributed by atoms with Gasteiger partial charge in [-0.2, -0.15) is 5.26 Å². The number of rotatable bonds is 6. The van der Waals surface area contributed by atoms with Crippen molar-refractivity contribution in [2.24, 2.45) is 0 Å². The number of hydrogen-bond acceptors (Lipinski definition) is 4. The van der Waals surface area contributed by atoms with Crippen molar-refractivity contribution in [1.29, 1.82) is 5.26 Å². The third-order valence-electron chi connectivity index (χ3n) is 8.60. The van der Waals surface area contributed by atoms with Crippen molar-refractivity contribution < 1.29 is 0 Å². The Balaban J connectivity index is 1.19. The van der Waals surface area contributed by atoms with Gasteiger partial charge in [0.2, 0.25) is 0 Å². The van der Waals surface area contributed by atoms with E-state index in [0.29, 0.717) is 23.0 Å². The molecule has 1 heterocycles. The van der Waals surface area contributed by atoms with Crippen molar-refractivity contribution in [3.05, 3.63) is 175 Å². The van der Waals surface area contributed by atoms with Gasteiger partial charge < -0.3 is 0 Å². The number of nitriles is 1. The summed E-state index contributed by atoms with van der Waals surface area (Å²) in [7, 11) is 0. The highest BCUT2D eigenvalue weighted by molar-refractivity contribution is 6.05. The highest BCUT2D eigenvalue weighted by Gasteiger charge is 2.14. The minimum Gasteiger partial charge on any atom is -0.208 e. The molecule has 0 aliphatic rings. The second kappa shape index (κ2) is 12.6. The molecule has 0 saturated heterocycles. The molecule has 224 valence electrons. The van der Waals surface area contributed by atoms with Crippen LogP contribution in [0, 0.1) is 11.3 Å². The fourth-order valence-corrected chi connectivity index (χ4v) is 6.15. The Labute approximate surface area is 279 Å². The first-order chi connectivity index (χ1) is 23.7. The van der Waals surface area contributed by atoms with Crippen LogP contribution in [0.3, 0.4) is 0 Å². The molecule has 48 heavy (non-hydrogen) atoms. The van der Waals surface area contributed by atoms with Gasteiger partial charge in [0.05, 0.1) is 11.6 Å². The molecule has 0 aliphatic heterocycles. The van der Waals surface area contributed by atoms with Gasteiger partial charge in [-0.1, -0.05) is 152 Å². The normalized spacial score (nSPS) is 10.9. The van der Waals surface area contributed by atoms with E-state index in [-0.39, 0.29) is 0 Å². The van der Waals surface area contributed by atoms with Gasteiger partial charge in [0.1, 0.15) is 0 Å². The molecule has 0 unspecified atom stereocenters. The van der Waals surface area contributed by atoms with Crippen molar-refractivity contribution in [2.45, 2.75) is 0 Å². The average Bonchev–Trinajstić information content (AvgIpc) is 3.18. The number of nitrogens with zero attached hydrogens (tertiary/aromatic N) is 4. The van der Waals surface area contributed by atoms with Crippen molar-refractivity contribution >= 4 is 10.8 Å². The molecule has 0 N–H and O–H groups in total. The summed E-state index contributed by atoms with van der Waals surface area (Å²) in [5, 5.41) is 11.5. The first-order valence-corrected chi connectivity index (χ1v) is 15.8. The Morgan fingerprint density at radius 2 is 0.750 bits per heavy atom. The fraction of sp³-hybridized carbons (Fsp3) is 0. The molecular weight excluding hydrogens is 585 g/mol. The van der Waals surface area contributed by atoms with Gasteiger partial charge in [0, 0.05) is 16.7 Å². The largest absolute Gasteiger partial charge is 0.208 e. The predicted octanol–water partition coefficient (Wildman–Crippen LogP) is 10.9. The van der Waals surface area contributed by atoms with Crippen LogP contribution in [-0.4, -0.2) is 15.0 Å². The molecule has 7 aromatic carbocycles. The SMILES string of the molecule is N#Cc1ccc(-c2ccc(-c3ccc(-c4cccc(-c5nc(-c6ccccc6)nc(-c6ccccc6)n5)c4)c4ccccc34)cc2)cc1.